The summed E-state index contributed by atoms with van der Waals surface area (Å²) in [5, 5.41) is 3.54. The molecule has 4 nitrogen and oxygen atoms in total. The quantitative estimate of drug-likeness (QED) is 0.598. The lowest BCUT2D eigenvalue weighted by Gasteiger charge is -2.17. The highest BCUT2D eigenvalue weighted by Crippen LogP contribution is 2.23. The van der Waals surface area contributed by atoms with Crippen LogP contribution in [0, 0.1) is 0 Å². The molecule has 0 heterocycles. The lowest BCUT2D eigenvalue weighted by atomic mass is 10.1. The molecule has 0 saturated carbocycles. The van der Waals surface area contributed by atoms with Crippen molar-refractivity contribution in [3.63, 3.8) is 0 Å². The van der Waals surface area contributed by atoms with E-state index in [1.165, 1.54) is 0 Å². The standard InChI is InChI=1S/C15H16ClN3O/c1-10(11-6-2-4-8-13(11)16)18-15(20)12-7-3-5-9-14(12)19-17/h2-10,19H,17H2,1H3,(H,18,20). The Kier molecular flexibility index (Phi) is 4.61. The number of hydrogen-bond acceptors (Lipinski definition) is 3. The lowest BCUT2D eigenvalue weighted by molar-refractivity contribution is 0.0940. The number of hydrazine groups is 1. The number of nitrogens with two attached hydrogens (primary N) is 1. The van der Waals surface area contributed by atoms with Crippen LogP contribution in [0.4, 0.5) is 5.69 Å². The van der Waals surface area contributed by atoms with E-state index in [2.05, 4.69) is 10.7 Å². The van der Waals surface area contributed by atoms with Crippen LogP contribution in [0.25, 0.3) is 0 Å². The average molecular weight is 290 g/mol. The SMILES string of the molecule is CC(NC(=O)c1ccccc1NN)c1ccccc1Cl. The first kappa shape index (κ1) is 14.4. The average Bonchev–Trinajstić information content (AvgIpc) is 2.47. The van der Waals surface area contributed by atoms with Crippen molar-refractivity contribution in [1.82, 2.24) is 5.32 Å². The minimum atomic E-state index is -0.203. The van der Waals surface area contributed by atoms with E-state index in [9.17, 15) is 4.79 Å². The van der Waals surface area contributed by atoms with E-state index in [1.54, 1.807) is 24.3 Å². The number of anilines is 1. The van der Waals surface area contributed by atoms with Crippen molar-refractivity contribution in [1.29, 1.82) is 0 Å². The van der Waals surface area contributed by atoms with Crippen LogP contribution >= 0.6 is 11.6 Å². The number of nitrogens with one attached hydrogen (secondary N) is 2. The molecule has 1 amide bonds. The monoisotopic (exact) mass is 289 g/mol. The molecule has 0 radical (unpaired) electrons. The van der Waals surface area contributed by atoms with Gasteiger partial charge in [-0.15, -0.1) is 0 Å². The van der Waals surface area contributed by atoms with Gasteiger partial charge in [-0.25, -0.2) is 0 Å². The predicted octanol–water partition coefficient (Wildman–Crippen LogP) is 3.12. The van der Waals surface area contributed by atoms with E-state index in [0.29, 0.717) is 16.3 Å². The topological polar surface area (TPSA) is 67.2 Å². The second kappa shape index (κ2) is 6.41. The fourth-order valence-electron chi connectivity index (χ4n) is 1.99. The Morgan fingerprint density at radius 2 is 1.80 bits per heavy atom. The molecule has 0 aliphatic heterocycles. The smallest absolute Gasteiger partial charge is 0.253 e. The number of carbonyl (C=O) groups is 1. The Labute approximate surface area is 122 Å². The minimum Gasteiger partial charge on any atom is -0.345 e. The maximum atomic E-state index is 12.3. The van der Waals surface area contributed by atoms with Gasteiger partial charge in [0.15, 0.2) is 0 Å². The number of nitrogen functional groups attached to an aromatic ring is 1. The lowest BCUT2D eigenvalue weighted by Crippen LogP contribution is -2.28. The second-order valence-electron chi connectivity index (χ2n) is 4.41. The number of benzene rings is 2. The molecule has 4 N–H and O–H groups in total. The molecule has 0 saturated heterocycles. The van der Waals surface area contributed by atoms with Crippen molar-refractivity contribution in [3.8, 4) is 0 Å². The molecule has 0 spiro atoms. The number of halogens is 1. The number of carbonyl (C=O) groups excluding carboxylic acids is 1. The Hall–Kier alpha value is -2.04. The molecular weight excluding hydrogens is 274 g/mol. The van der Waals surface area contributed by atoms with E-state index in [1.807, 2.05) is 31.2 Å². The molecule has 20 heavy (non-hydrogen) atoms. The zero-order valence-corrected chi connectivity index (χ0v) is 11.8. The Morgan fingerprint density at radius 1 is 1.15 bits per heavy atom. The first-order valence-electron chi connectivity index (χ1n) is 6.24. The van der Waals surface area contributed by atoms with Gasteiger partial charge in [-0.1, -0.05) is 41.9 Å². The third kappa shape index (κ3) is 3.10. The van der Waals surface area contributed by atoms with Gasteiger partial charge in [-0.2, -0.15) is 0 Å². The molecule has 0 bridgehead atoms. The summed E-state index contributed by atoms with van der Waals surface area (Å²) in [5.74, 6) is 5.20. The molecule has 104 valence electrons. The van der Waals surface area contributed by atoms with Gasteiger partial charge in [-0.05, 0) is 30.7 Å². The van der Waals surface area contributed by atoms with Crippen LogP contribution in [-0.2, 0) is 0 Å². The summed E-state index contributed by atoms with van der Waals surface area (Å²) in [5.41, 5.74) is 4.46. The summed E-state index contributed by atoms with van der Waals surface area (Å²) in [7, 11) is 0. The van der Waals surface area contributed by atoms with E-state index in [0.717, 1.165) is 5.56 Å². The van der Waals surface area contributed by atoms with Crippen LogP contribution in [0.15, 0.2) is 48.5 Å². The van der Waals surface area contributed by atoms with Crippen molar-refractivity contribution >= 4 is 23.2 Å². The second-order valence-corrected chi connectivity index (χ2v) is 4.81. The van der Waals surface area contributed by atoms with Crippen molar-refractivity contribution in [2.75, 3.05) is 5.43 Å². The Morgan fingerprint density at radius 3 is 2.50 bits per heavy atom. The van der Waals surface area contributed by atoms with Crippen LogP contribution in [0.1, 0.15) is 28.9 Å². The normalized spacial score (nSPS) is 11.8. The van der Waals surface area contributed by atoms with E-state index < -0.39 is 0 Å². The van der Waals surface area contributed by atoms with Gasteiger partial charge >= 0.3 is 0 Å². The Bertz CT molecular complexity index is 616. The maximum Gasteiger partial charge on any atom is 0.253 e. The number of rotatable bonds is 4. The van der Waals surface area contributed by atoms with Crippen LogP contribution in [0.2, 0.25) is 5.02 Å². The van der Waals surface area contributed by atoms with Crippen LogP contribution in [0.3, 0.4) is 0 Å². The molecule has 5 heteroatoms. The van der Waals surface area contributed by atoms with Crippen LogP contribution in [-0.4, -0.2) is 5.91 Å². The van der Waals surface area contributed by atoms with E-state index in [-0.39, 0.29) is 11.9 Å². The molecule has 0 aliphatic carbocycles. The summed E-state index contributed by atoms with van der Waals surface area (Å²) in [6.45, 7) is 1.89. The fourth-order valence-corrected chi connectivity index (χ4v) is 2.28. The first-order chi connectivity index (χ1) is 9.63. The summed E-state index contributed by atoms with van der Waals surface area (Å²) >= 11 is 6.12. The highest BCUT2D eigenvalue weighted by Gasteiger charge is 2.15. The zero-order valence-electron chi connectivity index (χ0n) is 11.1. The van der Waals surface area contributed by atoms with E-state index >= 15 is 0 Å². The fraction of sp³-hybridized carbons (Fsp3) is 0.133. The summed E-state index contributed by atoms with van der Waals surface area (Å²) in [6.07, 6.45) is 0. The molecular formula is C15H16ClN3O. The van der Waals surface area contributed by atoms with E-state index in [4.69, 9.17) is 17.4 Å². The predicted molar refractivity (Wildman–Crippen MR) is 81.6 cm³/mol. The summed E-state index contributed by atoms with van der Waals surface area (Å²) in [6, 6.07) is 14.3. The van der Waals surface area contributed by atoms with Gasteiger partial charge in [-0.3, -0.25) is 10.6 Å². The molecule has 2 rings (SSSR count). The third-order valence-corrected chi connectivity index (χ3v) is 3.39. The van der Waals surface area contributed by atoms with Gasteiger partial charge < -0.3 is 10.7 Å². The van der Waals surface area contributed by atoms with Crippen molar-refractivity contribution in [3.05, 3.63) is 64.7 Å². The van der Waals surface area contributed by atoms with Gasteiger partial charge in [0.05, 0.1) is 17.3 Å². The van der Waals surface area contributed by atoms with Crippen LogP contribution < -0.4 is 16.6 Å². The number of para-hydroxylation sites is 1. The summed E-state index contributed by atoms with van der Waals surface area (Å²) in [4.78, 5) is 12.3. The van der Waals surface area contributed by atoms with Crippen molar-refractivity contribution in [2.45, 2.75) is 13.0 Å². The Balaban J connectivity index is 2.18. The number of amides is 1. The summed E-state index contributed by atoms with van der Waals surface area (Å²) < 4.78 is 0. The van der Waals surface area contributed by atoms with Gasteiger partial charge in [0.2, 0.25) is 0 Å². The maximum absolute atomic E-state index is 12.3. The third-order valence-electron chi connectivity index (χ3n) is 3.05. The van der Waals surface area contributed by atoms with Gasteiger partial charge in [0.1, 0.15) is 0 Å². The zero-order chi connectivity index (χ0) is 14.5. The molecule has 0 fully saturated rings. The molecule has 0 aliphatic rings. The number of hydrogen-bond donors (Lipinski definition) is 3. The molecule has 2 aromatic rings. The van der Waals surface area contributed by atoms with Crippen LogP contribution in [0.5, 0.6) is 0 Å². The largest absolute Gasteiger partial charge is 0.345 e. The first-order valence-corrected chi connectivity index (χ1v) is 6.62. The molecule has 2 aromatic carbocycles. The molecule has 1 unspecified atom stereocenters. The van der Waals surface area contributed by atoms with Gasteiger partial charge in [0.25, 0.3) is 5.91 Å². The molecule has 1 atom stereocenters. The highest BCUT2D eigenvalue weighted by atomic mass is 35.5. The van der Waals surface area contributed by atoms with Gasteiger partial charge in [0, 0.05) is 5.02 Å². The molecule has 0 aromatic heterocycles. The van der Waals surface area contributed by atoms with Crippen molar-refractivity contribution < 1.29 is 4.79 Å². The minimum absolute atomic E-state index is 0.193. The highest BCUT2D eigenvalue weighted by molar-refractivity contribution is 6.31. The van der Waals surface area contributed by atoms with Crippen molar-refractivity contribution in [2.24, 2.45) is 5.84 Å².